The Kier molecular flexibility index (Phi) is 6.45. The third kappa shape index (κ3) is 4.88. The Hall–Kier alpha value is -2.30. The lowest BCUT2D eigenvalue weighted by Gasteiger charge is -2.33. The van der Waals surface area contributed by atoms with Crippen molar-refractivity contribution < 1.29 is 14.3 Å². The molecule has 2 fully saturated rings. The molecule has 1 aromatic rings. The Morgan fingerprint density at radius 2 is 2.07 bits per heavy atom. The molecule has 5 nitrogen and oxygen atoms in total. The second-order valence-electron chi connectivity index (χ2n) is 9.18. The predicted molar refractivity (Wildman–Crippen MR) is 117 cm³/mol. The summed E-state index contributed by atoms with van der Waals surface area (Å²) in [5, 5.41) is 3.12. The lowest BCUT2D eigenvalue weighted by molar-refractivity contribution is -0.132. The van der Waals surface area contributed by atoms with Crippen LogP contribution in [0.1, 0.15) is 56.9 Å². The molecule has 5 heteroatoms. The number of ether oxygens (including phenoxy) is 1. The molecule has 1 unspecified atom stereocenters. The van der Waals surface area contributed by atoms with E-state index in [1.54, 1.807) is 7.11 Å². The molecular weight excluding hydrogens is 376 g/mol. The van der Waals surface area contributed by atoms with Gasteiger partial charge in [-0.2, -0.15) is 0 Å². The minimum absolute atomic E-state index is 0.126. The third-order valence-electron chi connectivity index (χ3n) is 7.23. The van der Waals surface area contributed by atoms with E-state index >= 15 is 0 Å². The number of nitrogens with one attached hydrogen (secondary N) is 1. The Balaban J connectivity index is 1.19. The Bertz CT molecular complexity index is 808. The minimum atomic E-state index is 0.126. The monoisotopic (exact) mass is 410 g/mol. The fourth-order valence-electron chi connectivity index (χ4n) is 5.12. The molecular formula is C25H34N2O3. The summed E-state index contributed by atoms with van der Waals surface area (Å²) >= 11 is 0. The normalized spacial score (nSPS) is 22.4. The maximum absolute atomic E-state index is 12.6. The average Bonchev–Trinajstić information content (AvgIpc) is 3.48. The van der Waals surface area contributed by atoms with Crippen molar-refractivity contribution in [3.05, 3.63) is 41.5 Å². The molecule has 30 heavy (non-hydrogen) atoms. The summed E-state index contributed by atoms with van der Waals surface area (Å²) in [6.07, 6.45) is 11.3. The van der Waals surface area contributed by atoms with Crippen LogP contribution >= 0.6 is 0 Å². The van der Waals surface area contributed by atoms with E-state index in [-0.39, 0.29) is 23.1 Å². The molecule has 162 valence electrons. The van der Waals surface area contributed by atoms with E-state index in [0.717, 1.165) is 57.4 Å². The highest BCUT2D eigenvalue weighted by atomic mass is 16.5. The van der Waals surface area contributed by atoms with E-state index in [1.165, 1.54) is 24.0 Å². The van der Waals surface area contributed by atoms with Crippen molar-refractivity contribution in [2.75, 3.05) is 26.7 Å². The fraction of sp³-hybridized carbons (Fsp3) is 0.600. The number of rotatable bonds is 7. The Labute approximate surface area is 179 Å². The molecule has 1 atom stereocenters. The number of piperidine rings is 1. The first kappa shape index (κ1) is 21.0. The number of benzene rings is 1. The molecule has 0 aromatic heterocycles. The van der Waals surface area contributed by atoms with Gasteiger partial charge in [0.15, 0.2) is 0 Å². The number of carbonyl (C=O) groups excluding carboxylic acids is 2. The number of nitrogens with zero attached hydrogens (tertiary/aromatic N) is 1. The predicted octanol–water partition coefficient (Wildman–Crippen LogP) is 3.87. The second-order valence-corrected chi connectivity index (χ2v) is 9.18. The maximum Gasteiger partial charge on any atom is 0.226 e. The SMILES string of the molecule is COc1cccc(CCNC(=O)C2CC23CCN(C(=O)CC2=CCCCC2)CC3)c1. The van der Waals surface area contributed by atoms with Gasteiger partial charge in [0.1, 0.15) is 5.75 Å². The molecule has 1 N–H and O–H groups in total. The van der Waals surface area contributed by atoms with Crippen molar-refractivity contribution in [3.63, 3.8) is 0 Å². The maximum atomic E-state index is 12.6. The highest BCUT2D eigenvalue weighted by molar-refractivity contribution is 5.83. The van der Waals surface area contributed by atoms with Crippen LogP contribution in [-0.4, -0.2) is 43.5 Å². The highest BCUT2D eigenvalue weighted by Crippen LogP contribution is 2.59. The minimum Gasteiger partial charge on any atom is -0.497 e. The van der Waals surface area contributed by atoms with Crippen molar-refractivity contribution in [3.8, 4) is 5.75 Å². The number of hydrogen-bond acceptors (Lipinski definition) is 3. The molecule has 1 spiro atoms. The lowest BCUT2D eigenvalue weighted by atomic mass is 9.90. The molecule has 2 aliphatic carbocycles. The first-order valence-corrected chi connectivity index (χ1v) is 11.5. The summed E-state index contributed by atoms with van der Waals surface area (Å²) in [6.45, 7) is 2.26. The van der Waals surface area contributed by atoms with Gasteiger partial charge in [0, 0.05) is 32.0 Å². The molecule has 0 radical (unpaired) electrons. The van der Waals surface area contributed by atoms with Crippen LogP contribution in [0.5, 0.6) is 5.75 Å². The summed E-state index contributed by atoms with van der Waals surface area (Å²) < 4.78 is 5.26. The molecule has 1 saturated carbocycles. The van der Waals surface area contributed by atoms with Gasteiger partial charge < -0.3 is 15.0 Å². The summed E-state index contributed by atoms with van der Waals surface area (Å²) in [5.41, 5.74) is 2.63. The third-order valence-corrected chi connectivity index (χ3v) is 7.23. The van der Waals surface area contributed by atoms with Gasteiger partial charge in [-0.05, 0) is 74.5 Å². The summed E-state index contributed by atoms with van der Waals surface area (Å²) in [5.74, 6) is 1.44. The highest BCUT2D eigenvalue weighted by Gasteiger charge is 2.58. The van der Waals surface area contributed by atoms with Crippen LogP contribution in [0.3, 0.4) is 0 Å². The fourth-order valence-corrected chi connectivity index (χ4v) is 5.12. The Morgan fingerprint density at radius 3 is 2.80 bits per heavy atom. The summed E-state index contributed by atoms with van der Waals surface area (Å²) in [6, 6.07) is 7.98. The van der Waals surface area contributed by atoms with Crippen LogP contribution < -0.4 is 10.1 Å². The van der Waals surface area contributed by atoms with Crippen LogP contribution in [0.15, 0.2) is 35.9 Å². The van der Waals surface area contributed by atoms with Gasteiger partial charge in [-0.3, -0.25) is 9.59 Å². The molecule has 1 heterocycles. The van der Waals surface area contributed by atoms with Crippen molar-refractivity contribution in [2.45, 2.75) is 57.8 Å². The van der Waals surface area contributed by atoms with Crippen molar-refractivity contribution in [1.82, 2.24) is 10.2 Å². The number of allylic oxidation sites excluding steroid dienone is 1. The first-order valence-electron chi connectivity index (χ1n) is 11.5. The van der Waals surface area contributed by atoms with Crippen molar-refractivity contribution in [2.24, 2.45) is 11.3 Å². The van der Waals surface area contributed by atoms with Crippen LogP contribution in [0.25, 0.3) is 0 Å². The van der Waals surface area contributed by atoms with E-state index in [2.05, 4.69) is 17.5 Å². The van der Waals surface area contributed by atoms with Crippen molar-refractivity contribution >= 4 is 11.8 Å². The molecule has 1 aromatic carbocycles. The van der Waals surface area contributed by atoms with Gasteiger partial charge in [-0.25, -0.2) is 0 Å². The molecule has 0 bridgehead atoms. The van der Waals surface area contributed by atoms with Gasteiger partial charge in [0.25, 0.3) is 0 Å². The Morgan fingerprint density at radius 1 is 1.23 bits per heavy atom. The zero-order valence-corrected chi connectivity index (χ0v) is 18.1. The molecule has 1 saturated heterocycles. The zero-order valence-electron chi connectivity index (χ0n) is 18.1. The second kappa shape index (κ2) is 9.23. The van der Waals surface area contributed by atoms with Crippen LogP contribution in [-0.2, 0) is 16.0 Å². The van der Waals surface area contributed by atoms with E-state index in [9.17, 15) is 9.59 Å². The molecule has 2 amide bonds. The van der Waals surface area contributed by atoms with Gasteiger partial charge in [0.05, 0.1) is 7.11 Å². The van der Waals surface area contributed by atoms with E-state index in [1.807, 2.05) is 23.1 Å². The van der Waals surface area contributed by atoms with Gasteiger partial charge in [0.2, 0.25) is 11.8 Å². The topological polar surface area (TPSA) is 58.6 Å². The number of likely N-dealkylation sites (tertiary alicyclic amines) is 1. The zero-order chi connectivity index (χ0) is 21.0. The molecule has 3 aliphatic rings. The van der Waals surface area contributed by atoms with Crippen LogP contribution in [0.2, 0.25) is 0 Å². The standard InChI is InChI=1S/C25H34N2O3/c1-30-21-9-5-8-20(16-21)10-13-26-24(29)22-18-25(22)11-14-27(15-12-25)23(28)17-19-6-3-2-4-7-19/h5-6,8-9,16,22H,2-4,7,10-15,17-18H2,1H3,(H,26,29). The van der Waals surface area contributed by atoms with Gasteiger partial charge in [-0.15, -0.1) is 0 Å². The number of amides is 2. The summed E-state index contributed by atoms with van der Waals surface area (Å²) in [4.78, 5) is 27.3. The number of hydrogen-bond donors (Lipinski definition) is 1. The molecule has 1 aliphatic heterocycles. The van der Waals surface area contributed by atoms with E-state index in [0.29, 0.717) is 13.0 Å². The average molecular weight is 411 g/mol. The van der Waals surface area contributed by atoms with Gasteiger partial charge >= 0.3 is 0 Å². The quantitative estimate of drug-likeness (QED) is 0.694. The van der Waals surface area contributed by atoms with E-state index in [4.69, 9.17) is 4.74 Å². The first-order chi connectivity index (χ1) is 14.6. The summed E-state index contributed by atoms with van der Waals surface area (Å²) in [7, 11) is 1.67. The van der Waals surface area contributed by atoms with Gasteiger partial charge in [-0.1, -0.05) is 23.8 Å². The lowest BCUT2D eigenvalue weighted by Crippen LogP contribution is -2.40. The number of carbonyl (C=O) groups is 2. The van der Waals surface area contributed by atoms with E-state index < -0.39 is 0 Å². The van der Waals surface area contributed by atoms with Crippen LogP contribution in [0, 0.1) is 11.3 Å². The largest absolute Gasteiger partial charge is 0.497 e. The molecule has 4 rings (SSSR count). The van der Waals surface area contributed by atoms with Crippen molar-refractivity contribution in [1.29, 1.82) is 0 Å². The van der Waals surface area contributed by atoms with Crippen LogP contribution in [0.4, 0.5) is 0 Å². The smallest absolute Gasteiger partial charge is 0.226 e. The number of methoxy groups -OCH3 is 1.